The van der Waals surface area contributed by atoms with E-state index in [0.29, 0.717) is 28.6 Å². The van der Waals surface area contributed by atoms with Crippen molar-refractivity contribution in [2.75, 3.05) is 27.9 Å². The second kappa shape index (κ2) is 9.19. The topological polar surface area (TPSA) is 54.0 Å². The molecule has 2 aromatic carbocycles. The molecule has 26 heavy (non-hydrogen) atoms. The molecular weight excluding hydrogens is 332 g/mol. The first-order valence-electron chi connectivity index (χ1n) is 7.81. The van der Waals surface area contributed by atoms with E-state index in [-0.39, 0.29) is 12.4 Å². The number of methoxy groups -OCH3 is 3. The van der Waals surface area contributed by atoms with Gasteiger partial charge in [0.1, 0.15) is 12.4 Å². The summed E-state index contributed by atoms with van der Waals surface area (Å²) in [5.74, 6) is 4.42. The lowest BCUT2D eigenvalue weighted by Crippen LogP contribution is -1.97. The molecule has 134 valence electrons. The van der Waals surface area contributed by atoms with Gasteiger partial charge in [-0.15, -0.1) is 6.42 Å². The maximum absolute atomic E-state index is 12.3. The number of rotatable bonds is 8. The molecule has 0 aliphatic rings. The summed E-state index contributed by atoms with van der Waals surface area (Å²) in [7, 11) is 4.62. The number of ketones is 1. The second-order valence-corrected chi connectivity index (χ2v) is 5.17. The SMILES string of the molecule is C#CCOc1ccc(C(=O)C=Cc2cc(OC)c(OC)c(OC)c2)cc1. The van der Waals surface area contributed by atoms with Crippen LogP contribution in [0.15, 0.2) is 42.5 Å². The summed E-state index contributed by atoms with van der Waals surface area (Å²) in [4.78, 5) is 12.3. The Kier molecular flexibility index (Phi) is 6.69. The van der Waals surface area contributed by atoms with Crippen molar-refractivity contribution in [1.29, 1.82) is 0 Å². The van der Waals surface area contributed by atoms with Gasteiger partial charge in [-0.1, -0.05) is 12.0 Å². The largest absolute Gasteiger partial charge is 0.493 e. The van der Waals surface area contributed by atoms with Gasteiger partial charge in [0.2, 0.25) is 5.75 Å². The van der Waals surface area contributed by atoms with Gasteiger partial charge in [0.15, 0.2) is 17.3 Å². The average molecular weight is 352 g/mol. The van der Waals surface area contributed by atoms with Gasteiger partial charge >= 0.3 is 0 Å². The van der Waals surface area contributed by atoms with Gasteiger partial charge in [-0.05, 0) is 48.0 Å². The molecule has 0 radical (unpaired) electrons. The highest BCUT2D eigenvalue weighted by Crippen LogP contribution is 2.38. The first-order valence-corrected chi connectivity index (χ1v) is 7.81. The molecule has 5 heteroatoms. The van der Waals surface area contributed by atoms with E-state index in [0.717, 1.165) is 5.56 Å². The van der Waals surface area contributed by atoms with Crippen LogP contribution in [0.1, 0.15) is 15.9 Å². The summed E-state index contributed by atoms with van der Waals surface area (Å²) in [5.41, 5.74) is 1.29. The molecule has 0 fully saturated rings. The lowest BCUT2D eigenvalue weighted by Gasteiger charge is -2.12. The lowest BCUT2D eigenvalue weighted by atomic mass is 10.1. The van der Waals surface area contributed by atoms with Crippen LogP contribution in [-0.2, 0) is 0 Å². The summed E-state index contributed by atoms with van der Waals surface area (Å²) in [5, 5.41) is 0. The lowest BCUT2D eigenvalue weighted by molar-refractivity contribution is 0.104. The van der Waals surface area contributed by atoms with Crippen molar-refractivity contribution in [3.8, 4) is 35.3 Å². The minimum Gasteiger partial charge on any atom is -0.493 e. The number of hydrogen-bond donors (Lipinski definition) is 0. The standard InChI is InChI=1S/C21H20O5/c1-5-12-26-17-9-7-16(8-10-17)18(22)11-6-15-13-19(23-2)21(25-4)20(14-15)24-3/h1,6-11,13-14H,12H2,2-4H3. The van der Waals surface area contributed by atoms with E-state index in [1.165, 1.54) is 13.2 Å². The van der Waals surface area contributed by atoms with Crippen LogP contribution in [0.2, 0.25) is 0 Å². The predicted molar refractivity (Wildman–Crippen MR) is 100 cm³/mol. The molecule has 0 N–H and O–H groups in total. The predicted octanol–water partition coefficient (Wildman–Crippen LogP) is 3.62. The Labute approximate surface area is 153 Å². The van der Waals surface area contributed by atoms with Crippen LogP contribution in [0.5, 0.6) is 23.0 Å². The zero-order valence-electron chi connectivity index (χ0n) is 14.9. The van der Waals surface area contributed by atoms with Crippen molar-refractivity contribution in [1.82, 2.24) is 0 Å². The van der Waals surface area contributed by atoms with Crippen LogP contribution < -0.4 is 18.9 Å². The van der Waals surface area contributed by atoms with Crippen molar-refractivity contribution in [2.45, 2.75) is 0 Å². The Bertz CT molecular complexity index is 803. The molecule has 0 saturated carbocycles. The van der Waals surface area contributed by atoms with Crippen molar-refractivity contribution >= 4 is 11.9 Å². The molecule has 0 aliphatic carbocycles. The van der Waals surface area contributed by atoms with E-state index in [4.69, 9.17) is 25.4 Å². The van der Waals surface area contributed by atoms with Crippen LogP contribution in [0.25, 0.3) is 6.08 Å². The fourth-order valence-electron chi connectivity index (χ4n) is 2.31. The van der Waals surface area contributed by atoms with Crippen LogP contribution >= 0.6 is 0 Å². The van der Waals surface area contributed by atoms with E-state index < -0.39 is 0 Å². The van der Waals surface area contributed by atoms with Crippen molar-refractivity contribution in [3.63, 3.8) is 0 Å². The Hall–Kier alpha value is -3.39. The molecule has 0 aliphatic heterocycles. The van der Waals surface area contributed by atoms with Crippen molar-refractivity contribution < 1.29 is 23.7 Å². The molecule has 2 aromatic rings. The van der Waals surface area contributed by atoms with Gasteiger partial charge < -0.3 is 18.9 Å². The maximum Gasteiger partial charge on any atom is 0.203 e. The fourth-order valence-corrected chi connectivity index (χ4v) is 2.31. The molecular formula is C21H20O5. The van der Waals surface area contributed by atoms with Gasteiger partial charge in [0, 0.05) is 5.56 Å². The summed E-state index contributed by atoms with van der Waals surface area (Å²) in [6.45, 7) is 0.189. The van der Waals surface area contributed by atoms with E-state index in [1.807, 2.05) is 0 Å². The zero-order valence-corrected chi connectivity index (χ0v) is 14.9. The van der Waals surface area contributed by atoms with Crippen LogP contribution in [-0.4, -0.2) is 33.7 Å². The average Bonchev–Trinajstić information content (AvgIpc) is 2.69. The zero-order chi connectivity index (χ0) is 18.9. The van der Waals surface area contributed by atoms with Gasteiger partial charge in [-0.25, -0.2) is 0 Å². The smallest absolute Gasteiger partial charge is 0.203 e. The molecule has 0 aromatic heterocycles. The maximum atomic E-state index is 12.3. The van der Waals surface area contributed by atoms with Crippen molar-refractivity contribution in [3.05, 3.63) is 53.6 Å². The fraction of sp³-hybridized carbons (Fsp3) is 0.190. The number of ether oxygens (including phenoxy) is 4. The van der Waals surface area contributed by atoms with Gasteiger partial charge in [-0.2, -0.15) is 0 Å². The number of hydrogen-bond acceptors (Lipinski definition) is 5. The highest BCUT2D eigenvalue weighted by molar-refractivity contribution is 6.06. The molecule has 0 atom stereocenters. The van der Waals surface area contributed by atoms with Crippen LogP contribution in [0.3, 0.4) is 0 Å². The number of carbonyl (C=O) groups is 1. The Morgan fingerprint density at radius 1 is 1.04 bits per heavy atom. The molecule has 0 heterocycles. The van der Waals surface area contributed by atoms with Gasteiger partial charge in [-0.3, -0.25) is 4.79 Å². The Morgan fingerprint density at radius 2 is 1.65 bits per heavy atom. The third-order valence-corrected chi connectivity index (χ3v) is 3.58. The van der Waals surface area contributed by atoms with Crippen molar-refractivity contribution in [2.24, 2.45) is 0 Å². The molecule has 0 amide bonds. The second-order valence-electron chi connectivity index (χ2n) is 5.17. The monoisotopic (exact) mass is 352 g/mol. The highest BCUT2D eigenvalue weighted by Gasteiger charge is 2.12. The summed E-state index contributed by atoms with van der Waals surface area (Å²) in [6, 6.07) is 10.3. The minimum atomic E-state index is -0.137. The van der Waals surface area contributed by atoms with E-state index in [1.54, 1.807) is 56.7 Å². The molecule has 5 nitrogen and oxygen atoms in total. The first-order chi connectivity index (χ1) is 12.6. The van der Waals surface area contributed by atoms with E-state index in [9.17, 15) is 4.79 Å². The number of benzene rings is 2. The molecule has 0 unspecified atom stereocenters. The van der Waals surface area contributed by atoms with E-state index >= 15 is 0 Å². The van der Waals surface area contributed by atoms with Gasteiger partial charge in [0.05, 0.1) is 21.3 Å². The third kappa shape index (κ3) is 4.58. The molecule has 0 saturated heterocycles. The summed E-state index contributed by atoms with van der Waals surface area (Å²) >= 11 is 0. The molecule has 2 rings (SSSR count). The number of terminal acetylenes is 1. The Balaban J connectivity index is 2.18. The highest BCUT2D eigenvalue weighted by atomic mass is 16.5. The normalized spacial score (nSPS) is 10.2. The third-order valence-electron chi connectivity index (χ3n) is 3.58. The summed E-state index contributed by atoms with van der Waals surface area (Å²) < 4.78 is 21.2. The molecule has 0 bridgehead atoms. The summed E-state index contributed by atoms with van der Waals surface area (Å²) in [6.07, 6.45) is 8.32. The van der Waals surface area contributed by atoms with E-state index in [2.05, 4.69) is 5.92 Å². The van der Waals surface area contributed by atoms with Gasteiger partial charge in [0.25, 0.3) is 0 Å². The Morgan fingerprint density at radius 3 is 2.15 bits per heavy atom. The molecule has 0 spiro atoms. The minimum absolute atomic E-state index is 0.137. The van der Waals surface area contributed by atoms with Crippen LogP contribution in [0, 0.1) is 12.3 Å². The van der Waals surface area contributed by atoms with Crippen LogP contribution in [0.4, 0.5) is 0 Å². The quantitative estimate of drug-likeness (QED) is 0.413. The first kappa shape index (κ1) is 18.9. The number of carbonyl (C=O) groups excluding carboxylic acids is 1. The number of allylic oxidation sites excluding steroid dienone is 1.